The number of aromatic amines is 1. The number of nitrogens with two attached hydrogens (primary N) is 1. The van der Waals surface area contributed by atoms with E-state index in [1.54, 1.807) is 0 Å². The summed E-state index contributed by atoms with van der Waals surface area (Å²) in [5.74, 6) is -5.23. The molecule has 29 heavy (non-hydrogen) atoms. The van der Waals surface area contributed by atoms with Crippen LogP contribution >= 0.6 is 11.6 Å². The molecule has 10 nitrogen and oxygen atoms in total. The first-order valence-electron chi connectivity index (χ1n) is 7.00. The standard InChI is InChI=1S/C14H8ClF3N2O8S/c15-5-3-4(1-2-6(5)28-29(26,27)14(16,17)18)7-8(12(22)23)10(19)20-11(21)9(7)13(24)25/h1-3H,(H,22,23)(H,24,25)(H3,19,20,21). The summed E-state index contributed by atoms with van der Waals surface area (Å²) in [6.07, 6.45) is 0. The molecule has 0 unspecified atom stereocenters. The zero-order chi connectivity index (χ0) is 22.3. The number of nitrogens with one attached hydrogen (secondary N) is 1. The van der Waals surface area contributed by atoms with Crippen molar-refractivity contribution in [2.24, 2.45) is 0 Å². The van der Waals surface area contributed by atoms with Gasteiger partial charge in [-0.1, -0.05) is 17.7 Å². The zero-order valence-electron chi connectivity index (χ0n) is 13.6. The number of carboxylic acids is 2. The number of rotatable bonds is 5. The molecule has 0 radical (unpaired) electrons. The average molecular weight is 457 g/mol. The Morgan fingerprint density at radius 2 is 1.69 bits per heavy atom. The minimum absolute atomic E-state index is 0.362. The molecule has 1 aromatic carbocycles. The SMILES string of the molecule is Nc1[nH]c(=O)c(C(=O)O)c(-c2ccc(OS(=O)(=O)C(F)(F)F)c(Cl)c2)c1C(=O)O. The summed E-state index contributed by atoms with van der Waals surface area (Å²) in [5.41, 5.74) is -4.49. The van der Waals surface area contributed by atoms with E-state index >= 15 is 0 Å². The van der Waals surface area contributed by atoms with Crippen LogP contribution < -0.4 is 15.5 Å². The van der Waals surface area contributed by atoms with E-state index in [2.05, 4.69) is 4.18 Å². The molecule has 1 heterocycles. The van der Waals surface area contributed by atoms with Crippen molar-refractivity contribution >= 4 is 39.5 Å². The first kappa shape index (κ1) is 22.0. The number of pyridine rings is 1. The highest BCUT2D eigenvalue weighted by atomic mass is 35.5. The van der Waals surface area contributed by atoms with Crippen LogP contribution in [0.3, 0.4) is 0 Å². The molecule has 0 fully saturated rings. The first-order valence-corrected chi connectivity index (χ1v) is 8.79. The van der Waals surface area contributed by atoms with Crippen molar-refractivity contribution in [3.8, 4) is 16.9 Å². The van der Waals surface area contributed by atoms with E-state index in [-0.39, 0.29) is 5.56 Å². The number of hydrogen-bond acceptors (Lipinski definition) is 7. The van der Waals surface area contributed by atoms with Crippen molar-refractivity contribution in [2.75, 3.05) is 5.73 Å². The van der Waals surface area contributed by atoms with Crippen molar-refractivity contribution in [2.45, 2.75) is 5.51 Å². The number of H-pyrrole nitrogens is 1. The lowest BCUT2D eigenvalue weighted by molar-refractivity contribution is -0.0500. The third kappa shape index (κ3) is 4.12. The molecule has 2 aromatic rings. The van der Waals surface area contributed by atoms with Crippen LogP contribution in [0, 0.1) is 0 Å². The highest BCUT2D eigenvalue weighted by Gasteiger charge is 2.48. The van der Waals surface area contributed by atoms with E-state index < -0.39 is 66.4 Å². The van der Waals surface area contributed by atoms with Gasteiger partial charge in [0, 0.05) is 5.56 Å². The highest BCUT2D eigenvalue weighted by molar-refractivity contribution is 7.88. The smallest absolute Gasteiger partial charge is 0.478 e. The molecule has 0 saturated heterocycles. The van der Waals surface area contributed by atoms with E-state index in [9.17, 15) is 46.2 Å². The van der Waals surface area contributed by atoms with Crippen LogP contribution in [-0.2, 0) is 10.1 Å². The molecule has 0 spiro atoms. The van der Waals surface area contributed by atoms with Crippen LogP contribution in [0.2, 0.25) is 5.02 Å². The molecule has 0 amide bonds. The molecule has 0 aliphatic rings. The largest absolute Gasteiger partial charge is 0.534 e. The van der Waals surface area contributed by atoms with Crippen LogP contribution in [0.5, 0.6) is 5.75 Å². The Kier molecular flexibility index (Phi) is 5.54. The van der Waals surface area contributed by atoms with E-state index in [0.29, 0.717) is 6.07 Å². The zero-order valence-corrected chi connectivity index (χ0v) is 15.1. The van der Waals surface area contributed by atoms with E-state index in [4.69, 9.17) is 17.3 Å². The van der Waals surface area contributed by atoms with E-state index in [1.807, 2.05) is 4.98 Å². The molecule has 0 atom stereocenters. The van der Waals surface area contributed by atoms with Crippen LogP contribution in [0.4, 0.5) is 19.0 Å². The van der Waals surface area contributed by atoms with Crippen molar-refractivity contribution in [3.05, 3.63) is 44.7 Å². The third-order valence-corrected chi connectivity index (χ3v) is 4.64. The molecule has 0 aliphatic carbocycles. The van der Waals surface area contributed by atoms with E-state index in [1.165, 1.54) is 0 Å². The molecule has 2 rings (SSSR count). The van der Waals surface area contributed by atoms with Gasteiger partial charge >= 0.3 is 27.6 Å². The molecule has 0 saturated carbocycles. The Balaban J connectivity index is 2.75. The van der Waals surface area contributed by atoms with Crippen molar-refractivity contribution < 1.29 is 45.6 Å². The molecule has 5 N–H and O–H groups in total. The maximum Gasteiger partial charge on any atom is 0.534 e. The van der Waals surface area contributed by atoms with Gasteiger partial charge in [0.2, 0.25) is 0 Å². The molecular formula is C14H8ClF3N2O8S. The van der Waals surface area contributed by atoms with Gasteiger partial charge in [-0.05, 0) is 17.7 Å². The highest BCUT2D eigenvalue weighted by Crippen LogP contribution is 2.36. The lowest BCUT2D eigenvalue weighted by Gasteiger charge is -2.14. The van der Waals surface area contributed by atoms with Crippen molar-refractivity contribution in [1.82, 2.24) is 4.98 Å². The summed E-state index contributed by atoms with van der Waals surface area (Å²) in [6.45, 7) is 0. The maximum absolute atomic E-state index is 12.4. The fourth-order valence-corrected chi connectivity index (χ4v) is 2.97. The summed E-state index contributed by atoms with van der Waals surface area (Å²) in [6, 6.07) is 2.14. The third-order valence-electron chi connectivity index (χ3n) is 3.38. The normalized spacial score (nSPS) is 11.9. The fourth-order valence-electron chi connectivity index (χ4n) is 2.22. The van der Waals surface area contributed by atoms with Crippen LogP contribution in [0.25, 0.3) is 11.1 Å². The Labute approximate surface area is 163 Å². The van der Waals surface area contributed by atoms with Crippen LogP contribution in [0.15, 0.2) is 23.0 Å². The number of benzene rings is 1. The average Bonchev–Trinajstić information content (AvgIpc) is 2.53. The molecule has 1 aromatic heterocycles. The Morgan fingerprint density at radius 3 is 2.14 bits per heavy atom. The molecular weight excluding hydrogens is 449 g/mol. The summed E-state index contributed by atoms with van der Waals surface area (Å²) in [4.78, 5) is 36.7. The van der Waals surface area contributed by atoms with Gasteiger partial charge in [-0.2, -0.15) is 21.6 Å². The number of anilines is 1. The van der Waals surface area contributed by atoms with Crippen LogP contribution in [-0.4, -0.2) is 41.1 Å². The summed E-state index contributed by atoms with van der Waals surface area (Å²) >= 11 is 5.71. The number of carbonyl (C=O) groups is 2. The number of aromatic nitrogens is 1. The van der Waals surface area contributed by atoms with Gasteiger partial charge in [0.1, 0.15) is 16.9 Å². The lowest BCUT2D eigenvalue weighted by Crippen LogP contribution is -2.28. The van der Waals surface area contributed by atoms with Crippen molar-refractivity contribution in [3.63, 3.8) is 0 Å². The van der Waals surface area contributed by atoms with Gasteiger partial charge in [-0.25, -0.2) is 9.59 Å². The van der Waals surface area contributed by atoms with Gasteiger partial charge in [0.15, 0.2) is 5.75 Å². The van der Waals surface area contributed by atoms with Gasteiger partial charge < -0.3 is 25.1 Å². The van der Waals surface area contributed by atoms with Crippen molar-refractivity contribution in [1.29, 1.82) is 0 Å². The summed E-state index contributed by atoms with van der Waals surface area (Å²) in [5, 5.41) is 17.8. The number of aromatic carboxylic acids is 2. The summed E-state index contributed by atoms with van der Waals surface area (Å²) < 4.78 is 63.3. The summed E-state index contributed by atoms with van der Waals surface area (Å²) in [7, 11) is -6.06. The second-order valence-corrected chi connectivity index (χ2v) is 7.18. The molecule has 15 heteroatoms. The number of nitrogen functional groups attached to an aromatic ring is 1. The number of alkyl halides is 3. The second-order valence-electron chi connectivity index (χ2n) is 5.23. The topological polar surface area (TPSA) is 177 Å². The van der Waals surface area contributed by atoms with E-state index in [0.717, 1.165) is 12.1 Å². The van der Waals surface area contributed by atoms with Gasteiger partial charge in [-0.3, -0.25) is 4.79 Å². The first-order chi connectivity index (χ1) is 13.2. The van der Waals surface area contributed by atoms with Gasteiger partial charge in [0.25, 0.3) is 5.56 Å². The quantitative estimate of drug-likeness (QED) is 0.386. The number of hydrogen-bond donors (Lipinski definition) is 4. The van der Waals surface area contributed by atoms with Gasteiger partial charge in [-0.15, -0.1) is 0 Å². The van der Waals surface area contributed by atoms with Crippen LogP contribution in [0.1, 0.15) is 20.7 Å². The Morgan fingerprint density at radius 1 is 1.14 bits per heavy atom. The fraction of sp³-hybridized carbons (Fsp3) is 0.0714. The Hall–Kier alpha value is -3.26. The lowest BCUT2D eigenvalue weighted by atomic mass is 9.95. The molecule has 156 valence electrons. The monoisotopic (exact) mass is 456 g/mol. The Bertz CT molecular complexity index is 1190. The number of carboxylic acid groups (broad SMARTS) is 2. The van der Waals surface area contributed by atoms with Gasteiger partial charge in [0.05, 0.1) is 5.02 Å². The molecule has 0 bridgehead atoms. The molecule has 0 aliphatic heterocycles. The minimum Gasteiger partial charge on any atom is -0.478 e. The predicted molar refractivity (Wildman–Crippen MR) is 91.4 cm³/mol. The predicted octanol–water partition coefficient (Wildman–Crippen LogP) is 1.90. The second kappa shape index (κ2) is 7.29. The number of halogens is 4. The minimum atomic E-state index is -6.06. The maximum atomic E-state index is 12.4.